The van der Waals surface area contributed by atoms with Crippen LogP contribution in [0.2, 0.25) is 18.1 Å². The highest BCUT2D eigenvalue weighted by Crippen LogP contribution is 2.75. The molecule has 2 bridgehead atoms. The van der Waals surface area contributed by atoms with E-state index in [0.29, 0.717) is 12.1 Å². The van der Waals surface area contributed by atoms with Gasteiger partial charge in [0.1, 0.15) is 6.10 Å². The highest BCUT2D eigenvalue weighted by molar-refractivity contribution is 6.74. The second-order valence-electron chi connectivity index (χ2n) is 18.1. The Labute approximate surface area is 284 Å². The van der Waals surface area contributed by atoms with Crippen molar-refractivity contribution in [3.05, 3.63) is 63.5 Å². The van der Waals surface area contributed by atoms with Gasteiger partial charge in [-0.3, -0.25) is 0 Å². The largest absolute Gasteiger partial charge is 0.411 e. The zero-order chi connectivity index (χ0) is 33.6. The number of epoxide rings is 1. The van der Waals surface area contributed by atoms with E-state index in [2.05, 4.69) is 59.9 Å². The van der Waals surface area contributed by atoms with Gasteiger partial charge in [-0.25, -0.2) is 23.5 Å². The maximum atomic E-state index is 15.0. The van der Waals surface area contributed by atoms with Gasteiger partial charge in [0.25, 0.3) is 0 Å². The number of rotatable bonds is 5. The van der Waals surface area contributed by atoms with Crippen molar-refractivity contribution < 1.29 is 18.6 Å². The summed E-state index contributed by atoms with van der Waals surface area (Å²) in [5, 5.41) is 0.0348. The molecule has 5 fully saturated rings. The van der Waals surface area contributed by atoms with Crippen LogP contribution in [-0.2, 0) is 29.7 Å². The quantitative estimate of drug-likeness (QED) is 0.217. The minimum Gasteiger partial charge on any atom is -0.411 e. The van der Waals surface area contributed by atoms with Crippen LogP contribution in [0.1, 0.15) is 86.0 Å². The molecule has 1 unspecified atom stereocenters. The van der Waals surface area contributed by atoms with E-state index in [0.717, 1.165) is 51.6 Å². The van der Waals surface area contributed by atoms with Crippen LogP contribution in [0.25, 0.3) is 5.69 Å². The Balaban J connectivity index is 1.23. The summed E-state index contributed by atoms with van der Waals surface area (Å²) in [6.45, 7) is 16.9. The van der Waals surface area contributed by atoms with Crippen molar-refractivity contribution in [2.24, 2.45) is 22.7 Å². The Morgan fingerprint density at radius 2 is 1.67 bits per heavy atom. The Morgan fingerprint density at radius 1 is 0.917 bits per heavy atom. The van der Waals surface area contributed by atoms with E-state index in [-0.39, 0.29) is 69.8 Å². The lowest BCUT2D eigenvalue weighted by Crippen LogP contribution is -2.78. The van der Waals surface area contributed by atoms with E-state index in [4.69, 9.17) is 18.6 Å². The molecule has 9 nitrogen and oxygen atoms in total. The molecule has 1 aromatic heterocycles. The zero-order valence-corrected chi connectivity index (χ0v) is 30.7. The van der Waals surface area contributed by atoms with Crippen molar-refractivity contribution in [1.82, 2.24) is 13.9 Å². The van der Waals surface area contributed by atoms with Crippen molar-refractivity contribution in [2.75, 3.05) is 6.61 Å². The lowest BCUT2D eigenvalue weighted by molar-refractivity contribution is -0.233. The Kier molecular flexibility index (Phi) is 6.58. The predicted molar refractivity (Wildman–Crippen MR) is 185 cm³/mol. The zero-order valence-electron chi connectivity index (χ0n) is 29.7. The molecule has 2 spiro atoms. The molecular formula is C38H53N3O6Si. The van der Waals surface area contributed by atoms with Crippen molar-refractivity contribution in [3.63, 3.8) is 0 Å². The second kappa shape index (κ2) is 9.96. The fraction of sp³-hybridized carbons (Fsp3) is 0.737. The molecule has 4 aliphatic carbocycles. The van der Waals surface area contributed by atoms with Crippen molar-refractivity contribution in [2.45, 2.75) is 146 Å². The standard InChI is InChI=1S/C38H53N3O6Si/c1-34(2,3)48(6,7)47-25-23-37-20-21-38(41-33(43)39(32(42)40(37)41)24-13-9-8-10-14-24)26-16-17-28(45-29-15-11-12-22-44-29)35(26,4)19-18-27(38)36(37,5)31-30(25)46-31/h8-10,13-14,20-21,25-31H,11-12,15-19,22-23H2,1-7H3/t25-,26-,27-,28+,29?,30+,31+,35+,36+,37-,38+/m1/s1. The average molecular weight is 676 g/mol. The van der Waals surface area contributed by atoms with Gasteiger partial charge < -0.3 is 18.6 Å². The van der Waals surface area contributed by atoms with Crippen LogP contribution in [0.3, 0.4) is 0 Å². The number of fused-ring (bicyclic) bond motifs is 2. The number of para-hydroxylation sites is 1. The second-order valence-corrected chi connectivity index (χ2v) is 22.8. The van der Waals surface area contributed by atoms with Crippen LogP contribution in [0.5, 0.6) is 0 Å². The minimum atomic E-state index is -2.16. The number of allylic oxidation sites excluding steroid dienone is 2. The molecule has 1 aromatic carbocycles. The molecule has 3 saturated carbocycles. The molecule has 260 valence electrons. The first-order valence-corrected chi connectivity index (χ1v) is 21.5. The third kappa shape index (κ3) is 3.77. The smallest absolute Gasteiger partial charge is 0.352 e. The van der Waals surface area contributed by atoms with E-state index < -0.39 is 19.4 Å². The van der Waals surface area contributed by atoms with E-state index in [9.17, 15) is 0 Å². The third-order valence-electron chi connectivity index (χ3n) is 15.0. The fourth-order valence-electron chi connectivity index (χ4n) is 11.6. The SMILES string of the molecule is CC(C)(C)[Si](C)(C)O[C@@H]1C[C@]23C=C[C@@]4([C@@H]5CC[C@H](OC6CCCCO6)[C@@]5(C)CC[C@@H]4[C@@]2(C)[C@H]2O[C@@H]12)n1c(=O)n(-c2ccccc2)c(=O)n13. The summed E-state index contributed by atoms with van der Waals surface area (Å²) in [6.07, 6.45) is 12.0. The Bertz CT molecular complexity index is 1790. The van der Waals surface area contributed by atoms with Crippen molar-refractivity contribution >= 4 is 8.32 Å². The maximum absolute atomic E-state index is 15.0. The highest BCUT2D eigenvalue weighted by atomic mass is 28.4. The van der Waals surface area contributed by atoms with Crippen LogP contribution in [-0.4, -0.2) is 59.6 Å². The Hall–Kier alpha value is -2.24. The number of hydrogen-bond acceptors (Lipinski definition) is 6. The topological polar surface area (TPSA) is 89.2 Å². The van der Waals surface area contributed by atoms with E-state index >= 15 is 9.59 Å². The molecule has 48 heavy (non-hydrogen) atoms. The Morgan fingerprint density at radius 3 is 2.38 bits per heavy atom. The van der Waals surface area contributed by atoms with E-state index in [1.165, 1.54) is 4.57 Å². The van der Waals surface area contributed by atoms with Crippen LogP contribution in [0.4, 0.5) is 0 Å². The lowest BCUT2D eigenvalue weighted by atomic mass is 9.41. The van der Waals surface area contributed by atoms with E-state index in [1.807, 2.05) is 39.7 Å². The monoisotopic (exact) mass is 675 g/mol. The first kappa shape index (κ1) is 31.7. The molecule has 11 atom stereocenters. The molecule has 2 aromatic rings. The predicted octanol–water partition coefficient (Wildman–Crippen LogP) is 6.08. The number of benzene rings is 1. The van der Waals surface area contributed by atoms with Gasteiger partial charge in [-0.1, -0.05) is 65.0 Å². The summed E-state index contributed by atoms with van der Waals surface area (Å²) >= 11 is 0. The molecule has 8 aliphatic rings. The molecule has 5 heterocycles. The van der Waals surface area contributed by atoms with Gasteiger partial charge in [0.15, 0.2) is 14.6 Å². The summed E-state index contributed by atoms with van der Waals surface area (Å²) in [5.41, 5.74) is -1.88. The van der Waals surface area contributed by atoms with Crippen molar-refractivity contribution in [1.29, 1.82) is 0 Å². The van der Waals surface area contributed by atoms with Crippen LogP contribution in [0, 0.1) is 22.7 Å². The number of hydrogen-bond donors (Lipinski definition) is 0. The van der Waals surface area contributed by atoms with Gasteiger partial charge in [-0.15, -0.1) is 0 Å². The first-order chi connectivity index (χ1) is 22.7. The van der Waals surface area contributed by atoms with Crippen molar-refractivity contribution in [3.8, 4) is 5.69 Å². The molecule has 0 radical (unpaired) electrons. The lowest BCUT2D eigenvalue weighted by Gasteiger charge is -2.70. The molecule has 4 aliphatic heterocycles. The van der Waals surface area contributed by atoms with Gasteiger partial charge in [0.05, 0.1) is 35.1 Å². The summed E-state index contributed by atoms with van der Waals surface area (Å²) in [5.74, 6) is 0.252. The minimum absolute atomic E-state index is 0.00283. The van der Waals surface area contributed by atoms with Crippen LogP contribution < -0.4 is 11.4 Å². The summed E-state index contributed by atoms with van der Waals surface area (Å²) in [6, 6.07) is 9.46. The average Bonchev–Trinajstić information content (AvgIpc) is 3.73. The molecule has 0 N–H and O–H groups in total. The third-order valence-corrected chi connectivity index (χ3v) is 19.5. The van der Waals surface area contributed by atoms with E-state index in [1.54, 1.807) is 0 Å². The van der Waals surface area contributed by atoms with Gasteiger partial charge in [-0.2, -0.15) is 0 Å². The highest BCUT2D eigenvalue weighted by Gasteiger charge is 2.81. The normalized spacial score (nSPS) is 44.0. The number of ether oxygens (including phenoxy) is 3. The summed E-state index contributed by atoms with van der Waals surface area (Å²) < 4.78 is 32.1. The fourth-order valence-corrected chi connectivity index (χ4v) is 12.9. The van der Waals surface area contributed by atoms with Crippen LogP contribution >= 0.6 is 0 Å². The number of nitrogens with zero attached hydrogens (tertiary/aromatic N) is 3. The number of aromatic nitrogens is 3. The molecule has 10 heteroatoms. The molecule has 2 saturated heterocycles. The summed E-state index contributed by atoms with van der Waals surface area (Å²) in [4.78, 5) is 30.1. The molecule has 0 amide bonds. The van der Waals surface area contributed by atoms with Gasteiger partial charge in [-0.05, 0) is 92.5 Å². The van der Waals surface area contributed by atoms with Gasteiger partial charge in [0.2, 0.25) is 0 Å². The van der Waals surface area contributed by atoms with Crippen LogP contribution in [0.15, 0.2) is 52.1 Å². The van der Waals surface area contributed by atoms with Gasteiger partial charge >= 0.3 is 11.4 Å². The first-order valence-electron chi connectivity index (χ1n) is 18.5. The molecule has 10 rings (SSSR count). The maximum Gasteiger partial charge on any atom is 0.352 e. The summed E-state index contributed by atoms with van der Waals surface area (Å²) in [7, 11) is -2.16. The molecular weight excluding hydrogens is 623 g/mol. The van der Waals surface area contributed by atoms with Gasteiger partial charge in [0, 0.05) is 18.4 Å².